The monoisotopic (exact) mass is 243 g/mol. The summed E-state index contributed by atoms with van der Waals surface area (Å²) in [4.78, 5) is 14.4. The van der Waals surface area contributed by atoms with E-state index in [1.165, 1.54) is 0 Å². The molecule has 90 valence electrons. The largest absolute Gasteiger partial charge is 0.395 e. The van der Waals surface area contributed by atoms with Crippen molar-refractivity contribution in [3.63, 3.8) is 0 Å². The molecule has 16 heavy (non-hydrogen) atoms. The zero-order valence-electron chi connectivity index (χ0n) is 9.80. The van der Waals surface area contributed by atoms with E-state index in [2.05, 4.69) is 9.59 Å². The van der Waals surface area contributed by atoms with Crippen LogP contribution in [0.3, 0.4) is 0 Å². The number of aliphatic hydroxyl groups excluding tert-OH is 1. The number of hydrogen-bond donors (Lipinski definition) is 1. The number of aromatic nitrogens is 2. The maximum Gasteiger partial charge on any atom is 0.267 e. The standard InChI is InChI=1S/C10H17N3O2S/c1-4-8-9(16-12-11-8)10(15)13(5-6-14)7(2)3/h7,14H,4-6H2,1-3H3. The lowest BCUT2D eigenvalue weighted by Crippen LogP contribution is -2.39. The minimum atomic E-state index is -0.0871. The highest BCUT2D eigenvalue weighted by Gasteiger charge is 2.23. The molecule has 0 fully saturated rings. The van der Waals surface area contributed by atoms with Crippen molar-refractivity contribution in [2.45, 2.75) is 33.2 Å². The average Bonchev–Trinajstić information content (AvgIpc) is 2.72. The molecule has 1 amide bonds. The maximum absolute atomic E-state index is 12.2. The highest BCUT2D eigenvalue weighted by molar-refractivity contribution is 7.08. The Bertz CT molecular complexity index is 352. The van der Waals surface area contributed by atoms with Crippen LogP contribution in [0.15, 0.2) is 0 Å². The Labute approximate surface area is 99.3 Å². The Morgan fingerprint density at radius 2 is 2.25 bits per heavy atom. The summed E-state index contributed by atoms with van der Waals surface area (Å²) in [6.45, 7) is 6.11. The predicted octanol–water partition coefficient (Wildman–Crippen LogP) is 0.943. The number of nitrogens with zero attached hydrogens (tertiary/aromatic N) is 3. The van der Waals surface area contributed by atoms with Crippen LogP contribution in [0.2, 0.25) is 0 Å². The van der Waals surface area contributed by atoms with Gasteiger partial charge in [-0.1, -0.05) is 11.4 Å². The van der Waals surface area contributed by atoms with Crippen molar-refractivity contribution in [2.24, 2.45) is 0 Å². The number of amides is 1. The van der Waals surface area contributed by atoms with Crippen molar-refractivity contribution in [2.75, 3.05) is 13.2 Å². The first kappa shape index (κ1) is 13.1. The molecule has 0 unspecified atom stereocenters. The summed E-state index contributed by atoms with van der Waals surface area (Å²) in [5.74, 6) is -0.0871. The van der Waals surface area contributed by atoms with Gasteiger partial charge in [0.25, 0.3) is 5.91 Å². The van der Waals surface area contributed by atoms with E-state index < -0.39 is 0 Å². The second-order valence-electron chi connectivity index (χ2n) is 3.72. The van der Waals surface area contributed by atoms with Gasteiger partial charge < -0.3 is 10.0 Å². The Morgan fingerprint density at radius 3 is 2.75 bits per heavy atom. The van der Waals surface area contributed by atoms with Crippen molar-refractivity contribution < 1.29 is 9.90 Å². The molecule has 6 heteroatoms. The first-order valence-electron chi connectivity index (χ1n) is 5.34. The molecule has 1 aromatic rings. The molecule has 0 aliphatic rings. The fourth-order valence-corrected chi connectivity index (χ4v) is 2.14. The van der Waals surface area contributed by atoms with Crippen LogP contribution < -0.4 is 0 Å². The van der Waals surface area contributed by atoms with Crippen LogP contribution in [0.4, 0.5) is 0 Å². The van der Waals surface area contributed by atoms with E-state index in [1.54, 1.807) is 4.90 Å². The molecule has 1 N–H and O–H groups in total. The molecule has 0 aromatic carbocycles. The molecule has 5 nitrogen and oxygen atoms in total. The second kappa shape index (κ2) is 5.91. The lowest BCUT2D eigenvalue weighted by molar-refractivity contribution is 0.0669. The van der Waals surface area contributed by atoms with Crippen molar-refractivity contribution in [1.29, 1.82) is 0 Å². The fourth-order valence-electron chi connectivity index (χ4n) is 1.43. The van der Waals surface area contributed by atoms with Gasteiger partial charge in [-0.05, 0) is 31.8 Å². The molecule has 1 heterocycles. The smallest absolute Gasteiger partial charge is 0.267 e. The minimum Gasteiger partial charge on any atom is -0.395 e. The lowest BCUT2D eigenvalue weighted by atomic mass is 10.2. The zero-order chi connectivity index (χ0) is 12.1. The molecule has 1 aromatic heterocycles. The van der Waals surface area contributed by atoms with E-state index in [4.69, 9.17) is 5.11 Å². The van der Waals surface area contributed by atoms with Crippen LogP contribution in [0, 0.1) is 0 Å². The van der Waals surface area contributed by atoms with Gasteiger partial charge in [0.05, 0.1) is 12.3 Å². The number of aliphatic hydroxyl groups is 1. The third-order valence-corrected chi connectivity index (χ3v) is 3.07. The summed E-state index contributed by atoms with van der Waals surface area (Å²) in [7, 11) is 0. The van der Waals surface area contributed by atoms with Gasteiger partial charge in [0.2, 0.25) is 0 Å². The van der Waals surface area contributed by atoms with Crippen molar-refractivity contribution in [3.8, 4) is 0 Å². The third-order valence-electron chi connectivity index (χ3n) is 2.31. The summed E-state index contributed by atoms with van der Waals surface area (Å²) in [6, 6.07) is 0.0615. The number of carbonyl (C=O) groups excluding carboxylic acids is 1. The van der Waals surface area contributed by atoms with Gasteiger partial charge >= 0.3 is 0 Å². The molecule has 0 atom stereocenters. The van der Waals surface area contributed by atoms with Crippen LogP contribution in [0.25, 0.3) is 0 Å². The van der Waals surface area contributed by atoms with Gasteiger partial charge in [-0.25, -0.2) is 0 Å². The molecular weight excluding hydrogens is 226 g/mol. The molecule has 0 bridgehead atoms. The predicted molar refractivity (Wildman–Crippen MR) is 62.5 cm³/mol. The zero-order valence-corrected chi connectivity index (χ0v) is 10.6. The quantitative estimate of drug-likeness (QED) is 0.836. The SMILES string of the molecule is CCc1nnsc1C(=O)N(CCO)C(C)C. The lowest BCUT2D eigenvalue weighted by Gasteiger charge is -2.25. The normalized spacial score (nSPS) is 10.8. The van der Waals surface area contributed by atoms with E-state index in [1.807, 2.05) is 20.8 Å². The summed E-state index contributed by atoms with van der Waals surface area (Å²) < 4.78 is 3.80. The maximum atomic E-state index is 12.2. The molecule has 0 aliphatic heterocycles. The van der Waals surface area contributed by atoms with Gasteiger partial charge in [-0.3, -0.25) is 4.79 Å². The number of carbonyl (C=O) groups is 1. The highest BCUT2D eigenvalue weighted by Crippen LogP contribution is 2.15. The van der Waals surface area contributed by atoms with Crippen LogP contribution in [0.5, 0.6) is 0 Å². The first-order chi connectivity index (χ1) is 7.61. The Kier molecular flexibility index (Phi) is 4.82. The molecular formula is C10H17N3O2S. The van der Waals surface area contributed by atoms with Gasteiger partial charge in [-0.2, -0.15) is 0 Å². The molecule has 0 spiro atoms. The third kappa shape index (κ3) is 2.76. The molecule has 0 radical (unpaired) electrons. The van der Waals surface area contributed by atoms with Crippen LogP contribution in [-0.4, -0.2) is 44.7 Å². The number of aryl methyl sites for hydroxylation is 1. The average molecular weight is 243 g/mol. The van der Waals surface area contributed by atoms with E-state index in [0.717, 1.165) is 17.2 Å². The van der Waals surface area contributed by atoms with Crippen molar-refractivity contribution in [1.82, 2.24) is 14.5 Å². The number of rotatable bonds is 5. The van der Waals surface area contributed by atoms with Gasteiger partial charge in [0.1, 0.15) is 4.88 Å². The summed E-state index contributed by atoms with van der Waals surface area (Å²) >= 11 is 1.12. The van der Waals surface area contributed by atoms with Crippen LogP contribution in [-0.2, 0) is 6.42 Å². The van der Waals surface area contributed by atoms with Gasteiger partial charge in [0.15, 0.2) is 0 Å². The molecule has 0 aliphatic carbocycles. The minimum absolute atomic E-state index is 0.0301. The van der Waals surface area contributed by atoms with E-state index >= 15 is 0 Å². The Morgan fingerprint density at radius 1 is 1.56 bits per heavy atom. The highest BCUT2D eigenvalue weighted by atomic mass is 32.1. The molecule has 0 saturated heterocycles. The Balaban J connectivity index is 2.90. The van der Waals surface area contributed by atoms with Crippen LogP contribution >= 0.6 is 11.5 Å². The fraction of sp³-hybridized carbons (Fsp3) is 0.700. The first-order valence-corrected chi connectivity index (χ1v) is 6.12. The van der Waals surface area contributed by atoms with E-state index in [0.29, 0.717) is 17.8 Å². The van der Waals surface area contributed by atoms with Gasteiger partial charge in [0, 0.05) is 12.6 Å². The Hall–Kier alpha value is -1.01. The number of hydrogen-bond acceptors (Lipinski definition) is 5. The topological polar surface area (TPSA) is 66.3 Å². The summed E-state index contributed by atoms with van der Waals surface area (Å²) in [5.41, 5.74) is 0.735. The van der Waals surface area contributed by atoms with Crippen molar-refractivity contribution >= 4 is 17.4 Å². The van der Waals surface area contributed by atoms with E-state index in [9.17, 15) is 4.79 Å². The molecule has 1 rings (SSSR count). The molecule has 0 saturated carbocycles. The van der Waals surface area contributed by atoms with Crippen LogP contribution in [0.1, 0.15) is 36.1 Å². The second-order valence-corrected chi connectivity index (χ2v) is 4.47. The van der Waals surface area contributed by atoms with Crippen molar-refractivity contribution in [3.05, 3.63) is 10.6 Å². The summed E-state index contributed by atoms with van der Waals surface area (Å²) in [6.07, 6.45) is 0.697. The summed E-state index contributed by atoms with van der Waals surface area (Å²) in [5, 5.41) is 12.9. The van der Waals surface area contributed by atoms with E-state index in [-0.39, 0.29) is 18.6 Å². The van der Waals surface area contributed by atoms with Gasteiger partial charge in [-0.15, -0.1) is 5.10 Å².